The van der Waals surface area contributed by atoms with Crippen LogP contribution in [0.25, 0.3) is 32.8 Å². The van der Waals surface area contributed by atoms with Crippen molar-refractivity contribution in [2.45, 2.75) is 32.4 Å². The number of carbonyl (C=O) groups excluding carboxylic acids is 1. The van der Waals surface area contributed by atoms with Gasteiger partial charge in [-0.05, 0) is 60.2 Å². The number of para-hydroxylation sites is 1. The second-order valence-corrected chi connectivity index (χ2v) is 10.9. The Kier molecular flexibility index (Phi) is 8.53. The molecule has 1 aliphatic rings. The topological polar surface area (TPSA) is 105 Å². The van der Waals surface area contributed by atoms with E-state index < -0.39 is 0 Å². The minimum absolute atomic E-state index is 0.158. The molecule has 0 aliphatic carbocycles. The van der Waals surface area contributed by atoms with E-state index in [4.69, 9.17) is 25.0 Å². The number of benzene rings is 3. The Labute approximate surface area is 251 Å². The van der Waals surface area contributed by atoms with Gasteiger partial charge in [0, 0.05) is 49.3 Å². The smallest absolute Gasteiger partial charge is 0.310 e. The van der Waals surface area contributed by atoms with Crippen molar-refractivity contribution >= 4 is 33.5 Å². The van der Waals surface area contributed by atoms with Crippen molar-refractivity contribution < 1.29 is 19.0 Å². The number of nitrogen functional groups attached to an aromatic ring is 1. The van der Waals surface area contributed by atoms with Gasteiger partial charge < -0.3 is 19.9 Å². The molecule has 3 aromatic carbocycles. The lowest BCUT2D eigenvalue weighted by atomic mass is 10.00. The van der Waals surface area contributed by atoms with Gasteiger partial charge in [0.05, 0.1) is 36.9 Å². The lowest BCUT2D eigenvalue weighted by molar-refractivity contribution is -0.142. The van der Waals surface area contributed by atoms with E-state index >= 15 is 0 Å². The van der Waals surface area contributed by atoms with Crippen LogP contribution in [0.3, 0.4) is 0 Å². The molecule has 0 radical (unpaired) electrons. The van der Waals surface area contributed by atoms with Crippen LogP contribution < -0.4 is 10.5 Å². The van der Waals surface area contributed by atoms with Crippen molar-refractivity contribution in [3.05, 3.63) is 84.2 Å². The summed E-state index contributed by atoms with van der Waals surface area (Å²) in [5.74, 6) is 0.911. The molecule has 1 fully saturated rings. The maximum atomic E-state index is 12.3. The van der Waals surface area contributed by atoms with Gasteiger partial charge >= 0.3 is 5.97 Å². The number of anilines is 1. The first kappa shape index (κ1) is 28.6. The molecular formula is C34H37N5O4. The predicted molar refractivity (Wildman–Crippen MR) is 168 cm³/mol. The van der Waals surface area contributed by atoms with E-state index in [1.807, 2.05) is 37.3 Å². The number of fused-ring (bicyclic) bond motifs is 2. The molecule has 0 amide bonds. The molecule has 6 rings (SSSR count). The summed E-state index contributed by atoms with van der Waals surface area (Å²) in [6, 6.07) is 22.5. The maximum Gasteiger partial charge on any atom is 0.310 e. The van der Waals surface area contributed by atoms with Gasteiger partial charge in [0.1, 0.15) is 18.2 Å². The highest BCUT2D eigenvalue weighted by atomic mass is 16.5. The van der Waals surface area contributed by atoms with Gasteiger partial charge in [-0.3, -0.25) is 14.4 Å². The maximum absolute atomic E-state index is 12.3. The average molecular weight is 580 g/mol. The lowest BCUT2D eigenvalue weighted by Gasteiger charge is -2.18. The van der Waals surface area contributed by atoms with Crippen molar-refractivity contribution in [2.75, 3.05) is 45.7 Å². The number of esters is 1. The molecule has 1 saturated heterocycles. The Morgan fingerprint density at radius 3 is 2.70 bits per heavy atom. The van der Waals surface area contributed by atoms with Crippen LogP contribution in [-0.4, -0.2) is 65.6 Å². The zero-order valence-corrected chi connectivity index (χ0v) is 24.7. The SMILES string of the molecule is CCOC(=O)Cc1ccccc1OCc1c2cc(-c3ccc4ccnc(N)c4c3)ccc2nn1[C@H]1CCN(CCOC)C1. The Morgan fingerprint density at radius 2 is 1.86 bits per heavy atom. The summed E-state index contributed by atoms with van der Waals surface area (Å²) >= 11 is 0. The number of hydrogen-bond donors (Lipinski definition) is 1. The second-order valence-electron chi connectivity index (χ2n) is 10.9. The number of likely N-dealkylation sites (tertiary alicyclic amines) is 1. The standard InChI is InChI=1S/C34H37N5O4/c1-3-42-33(40)20-26-6-4-5-7-32(26)43-22-31-29-19-25(24-9-8-23-12-14-36-34(35)28(23)18-24)10-11-30(29)37-39(31)27-13-15-38(21-27)16-17-41-2/h4-12,14,18-19,27H,3,13,15-17,20-22H2,1-2H3,(H2,35,36)/t27-/m0/s1. The number of methoxy groups -OCH3 is 1. The Hall–Kier alpha value is -4.47. The summed E-state index contributed by atoms with van der Waals surface area (Å²) in [5, 5.41) is 8.11. The minimum Gasteiger partial charge on any atom is -0.487 e. The summed E-state index contributed by atoms with van der Waals surface area (Å²) in [4.78, 5) is 19.0. The Morgan fingerprint density at radius 1 is 1.05 bits per heavy atom. The summed E-state index contributed by atoms with van der Waals surface area (Å²) in [6.07, 6.45) is 2.88. The van der Waals surface area contributed by atoms with Crippen molar-refractivity contribution in [2.24, 2.45) is 0 Å². The molecule has 5 aromatic rings. The van der Waals surface area contributed by atoms with Gasteiger partial charge in [-0.1, -0.05) is 36.4 Å². The van der Waals surface area contributed by atoms with Crippen LogP contribution in [0, 0.1) is 0 Å². The zero-order valence-electron chi connectivity index (χ0n) is 24.7. The van der Waals surface area contributed by atoms with Gasteiger partial charge in [0.25, 0.3) is 0 Å². The molecule has 43 heavy (non-hydrogen) atoms. The van der Waals surface area contributed by atoms with Crippen molar-refractivity contribution in [3.8, 4) is 16.9 Å². The number of nitrogens with two attached hydrogens (primary N) is 1. The molecular weight excluding hydrogens is 542 g/mol. The van der Waals surface area contributed by atoms with Gasteiger partial charge in [-0.25, -0.2) is 4.98 Å². The Bertz CT molecular complexity index is 1750. The predicted octanol–water partition coefficient (Wildman–Crippen LogP) is 5.41. The second kappa shape index (κ2) is 12.8. The summed E-state index contributed by atoms with van der Waals surface area (Å²) < 4.78 is 19.1. The molecule has 1 atom stereocenters. The van der Waals surface area contributed by atoms with Crippen LogP contribution in [0.4, 0.5) is 5.82 Å². The van der Waals surface area contributed by atoms with E-state index in [-0.39, 0.29) is 18.4 Å². The fraction of sp³-hybridized carbons (Fsp3) is 0.324. The first-order chi connectivity index (χ1) is 21.0. The highest BCUT2D eigenvalue weighted by Crippen LogP contribution is 2.33. The minimum atomic E-state index is -0.271. The number of nitrogens with zero attached hydrogens (tertiary/aromatic N) is 4. The van der Waals surface area contributed by atoms with Crippen LogP contribution in [0.5, 0.6) is 5.75 Å². The molecule has 0 unspecified atom stereocenters. The molecule has 0 spiro atoms. The molecule has 2 aromatic heterocycles. The van der Waals surface area contributed by atoms with Crippen LogP contribution in [0.1, 0.15) is 30.6 Å². The zero-order chi connectivity index (χ0) is 29.8. The van der Waals surface area contributed by atoms with E-state index in [0.29, 0.717) is 31.4 Å². The van der Waals surface area contributed by atoms with E-state index in [1.54, 1.807) is 13.3 Å². The third-order valence-corrected chi connectivity index (χ3v) is 8.11. The van der Waals surface area contributed by atoms with Gasteiger partial charge in [-0.15, -0.1) is 0 Å². The molecule has 9 heteroatoms. The molecule has 9 nitrogen and oxygen atoms in total. The third-order valence-electron chi connectivity index (χ3n) is 8.11. The molecule has 3 heterocycles. The summed E-state index contributed by atoms with van der Waals surface area (Å²) in [5.41, 5.74) is 11.0. The average Bonchev–Trinajstić information content (AvgIpc) is 3.64. The Balaban J connectivity index is 1.36. The van der Waals surface area contributed by atoms with E-state index in [9.17, 15) is 4.79 Å². The van der Waals surface area contributed by atoms with Gasteiger partial charge in [-0.2, -0.15) is 5.10 Å². The molecule has 2 N–H and O–H groups in total. The van der Waals surface area contributed by atoms with Crippen molar-refractivity contribution in [1.82, 2.24) is 19.7 Å². The van der Waals surface area contributed by atoms with Crippen molar-refractivity contribution in [1.29, 1.82) is 0 Å². The lowest BCUT2D eigenvalue weighted by Crippen LogP contribution is -2.26. The van der Waals surface area contributed by atoms with Gasteiger partial charge in [0.15, 0.2) is 0 Å². The quantitative estimate of drug-likeness (QED) is 0.207. The van der Waals surface area contributed by atoms with Crippen molar-refractivity contribution in [3.63, 3.8) is 0 Å². The van der Waals surface area contributed by atoms with Crippen LogP contribution in [0.2, 0.25) is 0 Å². The fourth-order valence-corrected chi connectivity index (χ4v) is 5.89. The number of rotatable bonds is 11. The number of aromatic nitrogens is 3. The number of hydrogen-bond acceptors (Lipinski definition) is 8. The molecule has 0 bridgehead atoms. The third kappa shape index (κ3) is 6.18. The first-order valence-electron chi connectivity index (χ1n) is 14.8. The summed E-state index contributed by atoms with van der Waals surface area (Å²) in [7, 11) is 1.74. The molecule has 0 saturated carbocycles. The number of carbonyl (C=O) groups is 1. The highest BCUT2D eigenvalue weighted by Gasteiger charge is 2.27. The number of ether oxygens (including phenoxy) is 3. The van der Waals surface area contributed by atoms with E-state index in [1.165, 1.54) is 0 Å². The molecule has 1 aliphatic heterocycles. The number of pyridine rings is 1. The van der Waals surface area contributed by atoms with Crippen LogP contribution in [-0.2, 0) is 27.3 Å². The van der Waals surface area contributed by atoms with Crippen LogP contribution >= 0.6 is 0 Å². The molecule has 222 valence electrons. The van der Waals surface area contributed by atoms with E-state index in [0.717, 1.165) is 70.1 Å². The van der Waals surface area contributed by atoms with E-state index in [2.05, 4.69) is 51.0 Å². The first-order valence-corrected chi connectivity index (χ1v) is 14.8. The monoisotopic (exact) mass is 579 g/mol. The van der Waals surface area contributed by atoms with Gasteiger partial charge in [0.2, 0.25) is 0 Å². The normalized spacial score (nSPS) is 15.3. The van der Waals surface area contributed by atoms with Crippen LogP contribution in [0.15, 0.2) is 72.9 Å². The fourth-order valence-electron chi connectivity index (χ4n) is 5.89. The summed E-state index contributed by atoms with van der Waals surface area (Å²) in [6.45, 7) is 5.95. The highest BCUT2D eigenvalue weighted by molar-refractivity contribution is 5.95. The largest absolute Gasteiger partial charge is 0.487 e.